The third kappa shape index (κ3) is 2.53. The Bertz CT molecular complexity index is 476. The van der Waals surface area contributed by atoms with Gasteiger partial charge in [-0.1, -0.05) is 6.92 Å². The highest BCUT2D eigenvalue weighted by Crippen LogP contribution is 2.18. The summed E-state index contributed by atoms with van der Waals surface area (Å²) in [6, 6.07) is 8.36. The first-order chi connectivity index (χ1) is 8.22. The number of hydrogen-bond acceptors (Lipinski definition) is 2. The van der Waals surface area contributed by atoms with Crippen molar-refractivity contribution >= 4 is 0 Å². The lowest BCUT2D eigenvalue weighted by Crippen LogP contribution is -2.17. The first-order valence-electron chi connectivity index (χ1n) is 5.67. The number of nitrogens with one attached hydrogen (secondary N) is 1. The number of likely N-dealkylation sites (N-methyl/N-ethyl adjacent to an activating group) is 1. The van der Waals surface area contributed by atoms with E-state index >= 15 is 0 Å². The average Bonchev–Trinajstić information content (AvgIpc) is 2.79. The summed E-state index contributed by atoms with van der Waals surface area (Å²) in [5, 5.41) is 7.43. The van der Waals surface area contributed by atoms with Crippen molar-refractivity contribution in [3.63, 3.8) is 0 Å². The molecule has 90 valence electrons. The lowest BCUT2D eigenvalue weighted by Gasteiger charge is -2.13. The lowest BCUT2D eigenvalue weighted by molar-refractivity contribution is 0.622. The monoisotopic (exact) mass is 233 g/mol. The van der Waals surface area contributed by atoms with Crippen molar-refractivity contribution < 1.29 is 4.39 Å². The second-order valence-electron chi connectivity index (χ2n) is 4.10. The molecule has 1 unspecified atom stereocenters. The minimum Gasteiger partial charge on any atom is -0.319 e. The van der Waals surface area contributed by atoms with Gasteiger partial charge in [0.25, 0.3) is 0 Å². The zero-order chi connectivity index (χ0) is 12.3. The SMILES string of the molecule is CNCC(C)c1ccnn1-c1ccc(F)cc1. The summed E-state index contributed by atoms with van der Waals surface area (Å²) in [4.78, 5) is 0. The van der Waals surface area contributed by atoms with Gasteiger partial charge >= 0.3 is 0 Å². The molecule has 0 aliphatic rings. The Morgan fingerprint density at radius 1 is 1.29 bits per heavy atom. The molecule has 3 nitrogen and oxygen atoms in total. The summed E-state index contributed by atoms with van der Waals surface area (Å²) in [6.45, 7) is 3.01. The molecular weight excluding hydrogens is 217 g/mol. The molecule has 0 bridgehead atoms. The first-order valence-corrected chi connectivity index (χ1v) is 5.67. The number of benzene rings is 1. The normalized spacial score (nSPS) is 12.6. The molecule has 0 saturated carbocycles. The van der Waals surface area contributed by atoms with Crippen LogP contribution in [0.3, 0.4) is 0 Å². The molecule has 1 heterocycles. The Morgan fingerprint density at radius 2 is 2.00 bits per heavy atom. The summed E-state index contributed by atoms with van der Waals surface area (Å²) in [7, 11) is 1.93. The minimum atomic E-state index is -0.231. The molecule has 0 radical (unpaired) electrons. The van der Waals surface area contributed by atoms with Crippen molar-refractivity contribution in [1.82, 2.24) is 15.1 Å². The van der Waals surface area contributed by atoms with Gasteiger partial charge in [0, 0.05) is 24.4 Å². The number of halogens is 1. The maximum Gasteiger partial charge on any atom is 0.123 e. The Hall–Kier alpha value is -1.68. The van der Waals surface area contributed by atoms with E-state index in [0.29, 0.717) is 5.92 Å². The molecule has 2 rings (SSSR count). The van der Waals surface area contributed by atoms with Crippen LogP contribution in [-0.4, -0.2) is 23.4 Å². The van der Waals surface area contributed by atoms with Gasteiger partial charge in [0.1, 0.15) is 5.82 Å². The van der Waals surface area contributed by atoms with E-state index < -0.39 is 0 Å². The van der Waals surface area contributed by atoms with Crippen molar-refractivity contribution in [3.05, 3.63) is 48.0 Å². The fraction of sp³-hybridized carbons (Fsp3) is 0.308. The van der Waals surface area contributed by atoms with E-state index in [1.54, 1.807) is 18.3 Å². The molecule has 1 atom stereocenters. The van der Waals surface area contributed by atoms with Crippen molar-refractivity contribution in [2.75, 3.05) is 13.6 Å². The molecule has 0 fully saturated rings. The Labute approximate surface area is 100 Å². The molecule has 4 heteroatoms. The van der Waals surface area contributed by atoms with E-state index in [1.165, 1.54) is 12.1 Å². The quantitative estimate of drug-likeness (QED) is 0.878. The number of nitrogens with zero attached hydrogens (tertiary/aromatic N) is 2. The maximum absolute atomic E-state index is 12.9. The van der Waals surface area contributed by atoms with Gasteiger partial charge in [-0.25, -0.2) is 9.07 Å². The molecule has 1 N–H and O–H groups in total. The van der Waals surface area contributed by atoms with E-state index in [9.17, 15) is 4.39 Å². The molecule has 1 aromatic heterocycles. The molecule has 2 aromatic rings. The second-order valence-corrected chi connectivity index (χ2v) is 4.10. The molecule has 1 aromatic carbocycles. The van der Waals surface area contributed by atoms with Crippen molar-refractivity contribution in [2.45, 2.75) is 12.8 Å². The van der Waals surface area contributed by atoms with Crippen LogP contribution in [0, 0.1) is 5.82 Å². The van der Waals surface area contributed by atoms with Crippen LogP contribution >= 0.6 is 0 Å². The van der Waals surface area contributed by atoms with Gasteiger partial charge < -0.3 is 5.32 Å². The van der Waals surface area contributed by atoms with Crippen molar-refractivity contribution in [2.24, 2.45) is 0 Å². The maximum atomic E-state index is 12.9. The molecule has 0 saturated heterocycles. The van der Waals surface area contributed by atoms with Crippen LogP contribution in [0.1, 0.15) is 18.5 Å². The highest BCUT2D eigenvalue weighted by Gasteiger charge is 2.11. The van der Waals surface area contributed by atoms with Crippen LogP contribution in [0.25, 0.3) is 5.69 Å². The predicted octanol–water partition coefficient (Wildman–Crippen LogP) is 2.33. The number of hydrogen-bond donors (Lipinski definition) is 1. The largest absolute Gasteiger partial charge is 0.319 e. The molecular formula is C13H16FN3. The van der Waals surface area contributed by atoms with Gasteiger partial charge in [0.05, 0.1) is 5.69 Å². The third-order valence-electron chi connectivity index (χ3n) is 2.76. The van der Waals surface area contributed by atoms with Crippen LogP contribution in [-0.2, 0) is 0 Å². The van der Waals surface area contributed by atoms with Crippen LogP contribution < -0.4 is 5.32 Å². The Kier molecular flexibility index (Phi) is 3.54. The molecule has 0 aliphatic heterocycles. The second kappa shape index (κ2) is 5.10. The smallest absolute Gasteiger partial charge is 0.123 e. The van der Waals surface area contributed by atoms with Crippen LogP contribution in [0.15, 0.2) is 36.5 Å². The van der Waals surface area contributed by atoms with Gasteiger partial charge in [-0.15, -0.1) is 0 Å². The fourth-order valence-corrected chi connectivity index (χ4v) is 1.90. The van der Waals surface area contributed by atoms with Crippen LogP contribution in [0.4, 0.5) is 4.39 Å². The van der Waals surface area contributed by atoms with Gasteiger partial charge in [-0.05, 0) is 37.4 Å². The highest BCUT2D eigenvalue weighted by atomic mass is 19.1. The van der Waals surface area contributed by atoms with Crippen molar-refractivity contribution in [1.29, 1.82) is 0 Å². The summed E-state index contributed by atoms with van der Waals surface area (Å²) in [6.07, 6.45) is 1.77. The molecule has 0 amide bonds. The zero-order valence-corrected chi connectivity index (χ0v) is 10.0. The minimum absolute atomic E-state index is 0.231. The standard InChI is InChI=1S/C13H16FN3/c1-10(9-15-2)13-7-8-16-17(13)12-5-3-11(14)4-6-12/h3-8,10,15H,9H2,1-2H3. The predicted molar refractivity (Wildman–Crippen MR) is 65.9 cm³/mol. The highest BCUT2D eigenvalue weighted by molar-refractivity contribution is 5.33. The summed E-state index contributed by atoms with van der Waals surface area (Å²) >= 11 is 0. The molecule has 0 spiro atoms. The number of aromatic nitrogens is 2. The van der Waals surface area contributed by atoms with E-state index in [1.807, 2.05) is 17.8 Å². The third-order valence-corrected chi connectivity index (χ3v) is 2.76. The lowest BCUT2D eigenvalue weighted by atomic mass is 10.1. The Morgan fingerprint density at radius 3 is 2.65 bits per heavy atom. The van der Waals surface area contributed by atoms with Crippen molar-refractivity contribution in [3.8, 4) is 5.69 Å². The fourth-order valence-electron chi connectivity index (χ4n) is 1.90. The first kappa shape index (κ1) is 11.8. The van der Waals surface area contributed by atoms with Gasteiger partial charge in [-0.3, -0.25) is 0 Å². The van der Waals surface area contributed by atoms with Gasteiger partial charge in [-0.2, -0.15) is 5.10 Å². The van der Waals surface area contributed by atoms with E-state index in [4.69, 9.17) is 0 Å². The topological polar surface area (TPSA) is 29.9 Å². The van der Waals surface area contributed by atoms with Gasteiger partial charge in [0.2, 0.25) is 0 Å². The van der Waals surface area contributed by atoms with E-state index in [-0.39, 0.29) is 5.82 Å². The Balaban J connectivity index is 2.33. The average molecular weight is 233 g/mol. The van der Waals surface area contributed by atoms with Crippen LogP contribution in [0.5, 0.6) is 0 Å². The number of rotatable bonds is 4. The van der Waals surface area contributed by atoms with Crippen LogP contribution in [0.2, 0.25) is 0 Å². The summed E-state index contributed by atoms with van der Waals surface area (Å²) in [5.74, 6) is 0.123. The van der Waals surface area contributed by atoms with E-state index in [2.05, 4.69) is 17.3 Å². The zero-order valence-electron chi connectivity index (χ0n) is 10.0. The van der Waals surface area contributed by atoms with E-state index in [0.717, 1.165) is 17.9 Å². The van der Waals surface area contributed by atoms with Gasteiger partial charge in [0.15, 0.2) is 0 Å². The summed E-state index contributed by atoms with van der Waals surface area (Å²) < 4.78 is 14.7. The summed E-state index contributed by atoms with van der Waals surface area (Å²) in [5.41, 5.74) is 2.00. The molecule has 0 aliphatic carbocycles. The molecule has 17 heavy (non-hydrogen) atoms.